The molecule has 72 valence electrons. The molecule has 0 spiro atoms. The summed E-state index contributed by atoms with van der Waals surface area (Å²) in [6.07, 6.45) is 0. The van der Waals surface area contributed by atoms with Crippen LogP contribution in [-0.4, -0.2) is 18.5 Å². The highest BCUT2D eigenvalue weighted by molar-refractivity contribution is 14.1. The minimum atomic E-state index is -0.348. The first kappa shape index (κ1) is 9.45. The number of para-hydroxylation sites is 1. The Morgan fingerprint density at radius 2 is 2.00 bits per heavy atom. The molecule has 0 unspecified atom stereocenters. The van der Waals surface area contributed by atoms with Gasteiger partial charge in [0, 0.05) is 3.57 Å². The first-order chi connectivity index (χ1) is 6.70. The maximum Gasteiger partial charge on any atom is 0.329 e. The van der Waals surface area contributed by atoms with Crippen LogP contribution in [0.2, 0.25) is 0 Å². The van der Waals surface area contributed by atoms with E-state index in [0.29, 0.717) is 5.69 Å². The van der Waals surface area contributed by atoms with Crippen LogP contribution < -0.4 is 10.2 Å². The summed E-state index contributed by atoms with van der Waals surface area (Å²) in [5, 5.41) is 2.48. The zero-order valence-corrected chi connectivity index (χ0v) is 9.32. The van der Waals surface area contributed by atoms with Gasteiger partial charge in [-0.3, -0.25) is 4.79 Å². The molecule has 3 amide bonds. The number of carbonyl (C=O) groups excluding carboxylic acids is 2. The molecule has 1 saturated heterocycles. The SMILES string of the molecule is O=C1CNC(=O)N1c1ccccc1I. The lowest BCUT2D eigenvalue weighted by molar-refractivity contribution is -0.115. The first-order valence-electron chi connectivity index (χ1n) is 4.05. The van der Waals surface area contributed by atoms with Crippen molar-refractivity contribution >= 4 is 40.2 Å². The van der Waals surface area contributed by atoms with Crippen LogP contribution >= 0.6 is 22.6 Å². The minimum Gasteiger partial charge on any atom is -0.328 e. The number of rotatable bonds is 1. The molecule has 1 aromatic carbocycles. The standard InChI is InChI=1S/C9H7IN2O2/c10-6-3-1-2-4-7(6)12-8(13)5-11-9(12)14/h1-4H,5H2,(H,11,14). The van der Waals surface area contributed by atoms with E-state index >= 15 is 0 Å². The Morgan fingerprint density at radius 3 is 2.57 bits per heavy atom. The number of hydrogen-bond acceptors (Lipinski definition) is 2. The zero-order chi connectivity index (χ0) is 10.1. The second-order valence-corrected chi connectivity index (χ2v) is 4.00. The number of urea groups is 1. The summed E-state index contributed by atoms with van der Waals surface area (Å²) >= 11 is 2.10. The van der Waals surface area contributed by atoms with Crippen LogP contribution in [0.15, 0.2) is 24.3 Å². The van der Waals surface area contributed by atoms with Gasteiger partial charge in [0.05, 0.1) is 12.2 Å². The van der Waals surface area contributed by atoms with Crippen molar-refractivity contribution in [1.29, 1.82) is 0 Å². The summed E-state index contributed by atoms with van der Waals surface area (Å²) in [6, 6.07) is 6.93. The van der Waals surface area contributed by atoms with Gasteiger partial charge in [0.25, 0.3) is 5.91 Å². The van der Waals surface area contributed by atoms with Gasteiger partial charge in [-0.2, -0.15) is 0 Å². The van der Waals surface area contributed by atoms with Crippen LogP contribution in [0.3, 0.4) is 0 Å². The monoisotopic (exact) mass is 302 g/mol. The fourth-order valence-electron chi connectivity index (χ4n) is 1.30. The Bertz CT molecular complexity index is 390. The largest absolute Gasteiger partial charge is 0.329 e. The lowest BCUT2D eigenvalue weighted by Crippen LogP contribution is -2.31. The topological polar surface area (TPSA) is 49.4 Å². The third-order valence-electron chi connectivity index (χ3n) is 1.94. The molecule has 0 aromatic heterocycles. The number of imide groups is 1. The molecule has 0 bridgehead atoms. The van der Waals surface area contributed by atoms with Crippen molar-refractivity contribution in [2.45, 2.75) is 0 Å². The number of benzene rings is 1. The van der Waals surface area contributed by atoms with E-state index in [1.54, 1.807) is 12.1 Å². The molecule has 0 saturated carbocycles. The van der Waals surface area contributed by atoms with Gasteiger partial charge in [0.1, 0.15) is 0 Å². The van der Waals surface area contributed by atoms with Crippen LogP contribution in [0.4, 0.5) is 10.5 Å². The highest BCUT2D eigenvalue weighted by Gasteiger charge is 2.30. The van der Waals surface area contributed by atoms with E-state index in [4.69, 9.17) is 0 Å². The van der Waals surface area contributed by atoms with Gasteiger partial charge in [0.2, 0.25) is 0 Å². The van der Waals surface area contributed by atoms with Gasteiger partial charge in [-0.25, -0.2) is 9.69 Å². The van der Waals surface area contributed by atoms with Gasteiger partial charge in [-0.15, -0.1) is 0 Å². The van der Waals surface area contributed by atoms with Crippen LogP contribution in [0.25, 0.3) is 0 Å². The number of amides is 3. The smallest absolute Gasteiger partial charge is 0.328 e. The van der Waals surface area contributed by atoms with Crippen molar-refractivity contribution in [3.63, 3.8) is 0 Å². The Hall–Kier alpha value is -1.11. The molecule has 1 aliphatic rings. The molecule has 1 fully saturated rings. The molecule has 0 radical (unpaired) electrons. The maximum absolute atomic E-state index is 11.4. The molecule has 14 heavy (non-hydrogen) atoms. The third kappa shape index (κ3) is 1.47. The maximum atomic E-state index is 11.4. The van der Waals surface area contributed by atoms with Crippen LogP contribution in [-0.2, 0) is 4.79 Å². The van der Waals surface area contributed by atoms with Crippen LogP contribution in [0.1, 0.15) is 0 Å². The van der Waals surface area contributed by atoms with Gasteiger partial charge in [0.15, 0.2) is 0 Å². The molecule has 5 heteroatoms. The van der Waals surface area contributed by atoms with Gasteiger partial charge in [-0.1, -0.05) is 12.1 Å². The zero-order valence-electron chi connectivity index (χ0n) is 7.16. The van der Waals surface area contributed by atoms with Crippen molar-refractivity contribution in [2.24, 2.45) is 0 Å². The lowest BCUT2D eigenvalue weighted by Gasteiger charge is -2.13. The van der Waals surface area contributed by atoms with E-state index in [1.807, 2.05) is 12.1 Å². The second kappa shape index (κ2) is 3.56. The fraction of sp³-hybridized carbons (Fsp3) is 0.111. The Labute approximate surface area is 94.4 Å². The van der Waals surface area contributed by atoms with E-state index in [0.717, 1.165) is 3.57 Å². The number of nitrogens with one attached hydrogen (secondary N) is 1. The second-order valence-electron chi connectivity index (χ2n) is 2.84. The summed E-state index contributed by atoms with van der Waals surface area (Å²) in [4.78, 5) is 23.9. The predicted molar refractivity (Wildman–Crippen MR) is 60.0 cm³/mol. The lowest BCUT2D eigenvalue weighted by atomic mass is 10.3. The molecular weight excluding hydrogens is 295 g/mol. The molecule has 1 aliphatic heterocycles. The summed E-state index contributed by atoms with van der Waals surface area (Å²) in [5.74, 6) is -0.209. The highest BCUT2D eigenvalue weighted by Crippen LogP contribution is 2.23. The van der Waals surface area contributed by atoms with Crippen molar-refractivity contribution in [2.75, 3.05) is 11.4 Å². The Morgan fingerprint density at radius 1 is 1.29 bits per heavy atom. The van der Waals surface area contributed by atoms with E-state index < -0.39 is 0 Å². The summed E-state index contributed by atoms with van der Waals surface area (Å²) < 4.78 is 0.885. The first-order valence-corrected chi connectivity index (χ1v) is 5.13. The minimum absolute atomic E-state index is 0.0871. The molecule has 0 aliphatic carbocycles. The number of anilines is 1. The average Bonchev–Trinajstić information content (AvgIpc) is 2.48. The quantitative estimate of drug-likeness (QED) is 0.629. The number of halogens is 1. The van der Waals surface area contributed by atoms with Crippen molar-refractivity contribution < 1.29 is 9.59 Å². The summed E-state index contributed by atoms with van der Waals surface area (Å²) in [7, 11) is 0. The molecule has 0 atom stereocenters. The average molecular weight is 302 g/mol. The number of hydrogen-bond donors (Lipinski definition) is 1. The molecule has 4 nitrogen and oxygen atoms in total. The molecular formula is C9H7IN2O2. The van der Waals surface area contributed by atoms with E-state index in [2.05, 4.69) is 27.9 Å². The highest BCUT2D eigenvalue weighted by atomic mass is 127. The van der Waals surface area contributed by atoms with E-state index in [1.165, 1.54) is 4.90 Å². The molecule has 1 aromatic rings. The fourth-order valence-corrected chi connectivity index (χ4v) is 1.93. The van der Waals surface area contributed by atoms with Crippen LogP contribution in [0.5, 0.6) is 0 Å². The normalized spacial score (nSPS) is 15.9. The van der Waals surface area contributed by atoms with Crippen LogP contribution in [0, 0.1) is 3.57 Å². The third-order valence-corrected chi connectivity index (χ3v) is 2.85. The van der Waals surface area contributed by atoms with Gasteiger partial charge < -0.3 is 5.32 Å². The van der Waals surface area contributed by atoms with Crippen molar-refractivity contribution in [1.82, 2.24) is 5.32 Å². The predicted octanol–water partition coefficient (Wildman–Crippen LogP) is 1.35. The number of carbonyl (C=O) groups is 2. The number of nitrogens with zero attached hydrogens (tertiary/aromatic N) is 1. The summed E-state index contributed by atoms with van der Waals surface area (Å²) in [5.41, 5.74) is 0.646. The van der Waals surface area contributed by atoms with Gasteiger partial charge >= 0.3 is 6.03 Å². The van der Waals surface area contributed by atoms with Crippen molar-refractivity contribution in [3.8, 4) is 0 Å². The van der Waals surface area contributed by atoms with E-state index in [9.17, 15) is 9.59 Å². The Kier molecular flexibility index (Phi) is 2.40. The molecule has 1 heterocycles. The van der Waals surface area contributed by atoms with Crippen molar-refractivity contribution in [3.05, 3.63) is 27.8 Å². The summed E-state index contributed by atoms with van der Waals surface area (Å²) in [6.45, 7) is 0.0871. The van der Waals surface area contributed by atoms with E-state index in [-0.39, 0.29) is 18.5 Å². The van der Waals surface area contributed by atoms with Gasteiger partial charge in [-0.05, 0) is 34.7 Å². The Balaban J connectivity index is 2.44. The molecule has 1 N–H and O–H groups in total. The molecule has 2 rings (SSSR count).